The van der Waals surface area contributed by atoms with Crippen molar-refractivity contribution < 1.29 is 0 Å². The summed E-state index contributed by atoms with van der Waals surface area (Å²) in [6.07, 6.45) is 9.11. The van der Waals surface area contributed by atoms with Gasteiger partial charge in [-0.1, -0.05) is 126 Å². The van der Waals surface area contributed by atoms with Gasteiger partial charge in [-0.2, -0.15) is 0 Å². The highest BCUT2D eigenvalue weighted by Crippen LogP contribution is 2.52. The second kappa shape index (κ2) is 9.55. The van der Waals surface area contributed by atoms with E-state index in [9.17, 15) is 0 Å². The van der Waals surface area contributed by atoms with Gasteiger partial charge in [-0.15, -0.1) is 0 Å². The molecule has 0 N–H and O–H groups in total. The second-order valence-corrected chi connectivity index (χ2v) is 12.2. The van der Waals surface area contributed by atoms with E-state index >= 15 is 0 Å². The molecule has 0 saturated heterocycles. The minimum absolute atomic E-state index is 0.375. The Labute approximate surface area is 256 Å². The van der Waals surface area contributed by atoms with Crippen molar-refractivity contribution in [3.8, 4) is 34.2 Å². The lowest BCUT2D eigenvalue weighted by Crippen LogP contribution is -2.02. The Morgan fingerprint density at radius 2 is 1.00 bits per heavy atom. The molecule has 2 unspecified atom stereocenters. The van der Waals surface area contributed by atoms with Crippen LogP contribution < -0.4 is 0 Å². The van der Waals surface area contributed by atoms with E-state index in [1.807, 2.05) is 0 Å². The zero-order valence-corrected chi connectivity index (χ0v) is 24.6. The molecule has 0 aliphatic heterocycles. The van der Waals surface area contributed by atoms with Crippen LogP contribution in [0.4, 0.5) is 0 Å². The molecular weight excluding hydrogens is 534 g/mol. The first-order valence-electron chi connectivity index (χ1n) is 15.3. The Morgan fingerprint density at radius 1 is 0.455 bits per heavy atom. The van der Waals surface area contributed by atoms with Gasteiger partial charge in [0.25, 0.3) is 0 Å². The van der Waals surface area contributed by atoms with Crippen molar-refractivity contribution in [2.45, 2.75) is 25.7 Å². The van der Waals surface area contributed by atoms with Crippen molar-refractivity contribution in [2.75, 3.05) is 0 Å². The largest absolute Gasteiger partial charge is 0.208 e. The van der Waals surface area contributed by atoms with Crippen LogP contribution in [0.1, 0.15) is 34.1 Å². The van der Waals surface area contributed by atoms with Crippen LogP contribution in [0.25, 0.3) is 66.5 Å². The molecule has 2 aliphatic rings. The standard InChI is InChI=1S/C41H29N3/c1-24-14-18-26(19-15-24)39-42-40(27-20-16-25(2)17-21-27)44-41(43-39)37-23-35-33-13-7-12-32-28-8-3-5-10-30(28)36(38(32)33)22-34(35)29-9-4-6-11-31(29)37/h3-23,28,30H,1-2H3. The lowest BCUT2D eigenvalue weighted by molar-refractivity contribution is 0.769. The van der Waals surface area contributed by atoms with Gasteiger partial charge >= 0.3 is 0 Å². The lowest BCUT2D eigenvalue weighted by atomic mass is 9.86. The van der Waals surface area contributed by atoms with Crippen LogP contribution in [0, 0.1) is 13.8 Å². The predicted octanol–water partition coefficient (Wildman–Crippen LogP) is 10.3. The van der Waals surface area contributed by atoms with Crippen molar-refractivity contribution >= 4 is 32.3 Å². The average molecular weight is 564 g/mol. The minimum Gasteiger partial charge on any atom is -0.208 e. The predicted molar refractivity (Wildman–Crippen MR) is 182 cm³/mol. The molecule has 7 aromatic rings. The number of hydrogen-bond donors (Lipinski definition) is 0. The third-order valence-electron chi connectivity index (χ3n) is 9.41. The molecule has 2 aliphatic carbocycles. The average Bonchev–Trinajstić information content (AvgIpc) is 3.39. The molecule has 3 nitrogen and oxygen atoms in total. The first-order valence-corrected chi connectivity index (χ1v) is 15.3. The van der Waals surface area contributed by atoms with E-state index in [4.69, 9.17) is 15.0 Å². The SMILES string of the molecule is Cc1ccc(-c2nc(-c3ccc(C)cc3)nc(-c3cc4c5cccc6c5c(cc4c4ccccc34)C3C=CC=CC63)n2)cc1. The van der Waals surface area contributed by atoms with Crippen LogP contribution in [-0.2, 0) is 0 Å². The Balaban J connectivity index is 1.36. The van der Waals surface area contributed by atoms with E-state index in [0.29, 0.717) is 29.3 Å². The van der Waals surface area contributed by atoms with E-state index in [0.717, 1.165) is 22.1 Å². The highest BCUT2D eigenvalue weighted by atomic mass is 15.0. The van der Waals surface area contributed by atoms with Gasteiger partial charge in [0.1, 0.15) is 0 Å². The maximum atomic E-state index is 5.15. The molecule has 0 amide bonds. The van der Waals surface area contributed by atoms with Crippen LogP contribution in [-0.4, -0.2) is 15.0 Å². The van der Waals surface area contributed by atoms with E-state index in [1.54, 1.807) is 0 Å². The smallest absolute Gasteiger partial charge is 0.164 e. The van der Waals surface area contributed by atoms with E-state index in [2.05, 4.69) is 141 Å². The number of aryl methyl sites for hydroxylation is 2. The first-order chi connectivity index (χ1) is 21.6. The minimum atomic E-state index is 0.375. The Morgan fingerprint density at radius 3 is 1.66 bits per heavy atom. The van der Waals surface area contributed by atoms with Crippen LogP contribution in [0.3, 0.4) is 0 Å². The molecular formula is C41H29N3. The molecule has 3 heteroatoms. The summed E-state index contributed by atoms with van der Waals surface area (Å²) in [4.78, 5) is 15.3. The number of hydrogen-bond acceptors (Lipinski definition) is 3. The summed E-state index contributed by atoms with van der Waals surface area (Å²) in [6.45, 7) is 4.20. The number of nitrogens with zero attached hydrogens (tertiary/aromatic N) is 3. The molecule has 208 valence electrons. The molecule has 44 heavy (non-hydrogen) atoms. The first kappa shape index (κ1) is 25.1. The monoisotopic (exact) mass is 563 g/mol. The fourth-order valence-electron chi connectivity index (χ4n) is 7.21. The number of benzene rings is 6. The summed E-state index contributed by atoms with van der Waals surface area (Å²) < 4.78 is 0. The van der Waals surface area contributed by atoms with Crippen LogP contribution in [0.15, 0.2) is 127 Å². The maximum absolute atomic E-state index is 5.15. The van der Waals surface area contributed by atoms with Gasteiger partial charge < -0.3 is 0 Å². The van der Waals surface area contributed by atoms with Crippen molar-refractivity contribution in [3.63, 3.8) is 0 Å². The molecule has 6 aromatic carbocycles. The summed E-state index contributed by atoms with van der Waals surface area (Å²) in [5.74, 6) is 2.81. The van der Waals surface area contributed by atoms with E-state index < -0.39 is 0 Å². The molecule has 0 spiro atoms. The third kappa shape index (κ3) is 3.79. The quantitative estimate of drug-likeness (QED) is 0.201. The molecule has 9 rings (SSSR count). The third-order valence-corrected chi connectivity index (χ3v) is 9.41. The molecule has 0 fully saturated rings. The summed E-state index contributed by atoms with van der Waals surface area (Å²) in [6, 6.07) is 37.1. The van der Waals surface area contributed by atoms with Gasteiger partial charge in [0.15, 0.2) is 17.5 Å². The van der Waals surface area contributed by atoms with E-state index in [-0.39, 0.29) is 0 Å². The fourth-order valence-corrected chi connectivity index (χ4v) is 7.21. The van der Waals surface area contributed by atoms with Crippen molar-refractivity contribution in [3.05, 3.63) is 150 Å². The normalized spacial score (nSPS) is 16.7. The Bertz CT molecular complexity index is 2280. The summed E-state index contributed by atoms with van der Waals surface area (Å²) in [7, 11) is 0. The number of fused-ring (bicyclic) bond motifs is 7. The zero-order valence-electron chi connectivity index (χ0n) is 24.6. The van der Waals surface area contributed by atoms with Crippen LogP contribution in [0.2, 0.25) is 0 Å². The summed E-state index contributed by atoms with van der Waals surface area (Å²) in [5, 5.41) is 7.57. The van der Waals surface area contributed by atoms with Crippen molar-refractivity contribution in [1.82, 2.24) is 15.0 Å². The van der Waals surface area contributed by atoms with Gasteiger partial charge in [-0.3, -0.25) is 0 Å². The van der Waals surface area contributed by atoms with Gasteiger partial charge in [0, 0.05) is 28.5 Å². The lowest BCUT2D eigenvalue weighted by Gasteiger charge is -2.18. The number of rotatable bonds is 3. The van der Waals surface area contributed by atoms with Gasteiger partial charge in [-0.05, 0) is 69.4 Å². The maximum Gasteiger partial charge on any atom is 0.164 e. The van der Waals surface area contributed by atoms with Crippen LogP contribution in [0.5, 0.6) is 0 Å². The highest BCUT2D eigenvalue weighted by molar-refractivity contribution is 6.22. The Kier molecular flexibility index (Phi) is 5.45. The second-order valence-electron chi connectivity index (χ2n) is 12.2. The molecule has 2 atom stereocenters. The van der Waals surface area contributed by atoms with Gasteiger partial charge in [-0.25, -0.2) is 15.0 Å². The number of aromatic nitrogens is 3. The fraction of sp³-hybridized carbons (Fsp3) is 0.0976. The highest BCUT2D eigenvalue weighted by Gasteiger charge is 2.33. The topological polar surface area (TPSA) is 38.7 Å². The molecule has 1 aromatic heterocycles. The van der Waals surface area contributed by atoms with Gasteiger partial charge in [0.2, 0.25) is 0 Å². The Hall–Kier alpha value is -5.41. The van der Waals surface area contributed by atoms with Crippen molar-refractivity contribution in [1.29, 1.82) is 0 Å². The number of allylic oxidation sites excluding steroid dienone is 4. The van der Waals surface area contributed by atoms with Crippen molar-refractivity contribution in [2.24, 2.45) is 0 Å². The summed E-state index contributed by atoms with van der Waals surface area (Å²) in [5.41, 5.74) is 8.23. The van der Waals surface area contributed by atoms with Gasteiger partial charge in [0.05, 0.1) is 0 Å². The molecule has 1 heterocycles. The summed E-state index contributed by atoms with van der Waals surface area (Å²) >= 11 is 0. The van der Waals surface area contributed by atoms with E-state index in [1.165, 1.54) is 49.2 Å². The molecule has 0 bridgehead atoms. The molecule has 0 radical (unpaired) electrons. The van der Waals surface area contributed by atoms with Crippen LogP contribution >= 0.6 is 0 Å². The molecule has 0 saturated carbocycles. The zero-order chi connectivity index (χ0) is 29.4.